The average Bonchev–Trinajstić information content (AvgIpc) is 3.11. The van der Waals surface area contributed by atoms with Crippen LogP contribution < -0.4 is 16.4 Å². The van der Waals surface area contributed by atoms with E-state index in [1.807, 2.05) is 6.92 Å². The van der Waals surface area contributed by atoms with Crippen molar-refractivity contribution >= 4 is 17.7 Å². The van der Waals surface area contributed by atoms with Gasteiger partial charge in [-0.3, -0.25) is 4.79 Å². The van der Waals surface area contributed by atoms with Crippen LogP contribution in [-0.2, 0) is 9.47 Å². The lowest BCUT2D eigenvalue weighted by molar-refractivity contribution is 0.0346. The fraction of sp³-hybridized carbons (Fsp3) is 0.737. The van der Waals surface area contributed by atoms with Crippen molar-refractivity contribution in [1.82, 2.24) is 9.97 Å². The molecular formula is C19H31N5O3. The van der Waals surface area contributed by atoms with Crippen LogP contribution in [-0.4, -0.2) is 53.9 Å². The van der Waals surface area contributed by atoms with Crippen LogP contribution in [0.3, 0.4) is 0 Å². The highest BCUT2D eigenvalue weighted by atomic mass is 16.5. The zero-order valence-electron chi connectivity index (χ0n) is 16.2. The van der Waals surface area contributed by atoms with Gasteiger partial charge < -0.3 is 25.8 Å². The summed E-state index contributed by atoms with van der Waals surface area (Å²) in [7, 11) is 1.71. The first kappa shape index (κ1) is 19.8. The summed E-state index contributed by atoms with van der Waals surface area (Å²) < 4.78 is 11.2. The maximum atomic E-state index is 11.8. The Morgan fingerprint density at radius 1 is 1.22 bits per heavy atom. The van der Waals surface area contributed by atoms with E-state index in [4.69, 9.17) is 15.2 Å². The summed E-state index contributed by atoms with van der Waals surface area (Å²) in [5.41, 5.74) is 5.82. The fourth-order valence-electron chi connectivity index (χ4n) is 4.08. The van der Waals surface area contributed by atoms with Crippen molar-refractivity contribution in [2.45, 2.75) is 76.2 Å². The minimum atomic E-state index is -0.534. The van der Waals surface area contributed by atoms with Crippen LogP contribution in [0.5, 0.6) is 0 Å². The van der Waals surface area contributed by atoms with Crippen molar-refractivity contribution in [3.05, 3.63) is 11.8 Å². The van der Waals surface area contributed by atoms with E-state index in [9.17, 15) is 4.79 Å². The Morgan fingerprint density at radius 3 is 2.67 bits per heavy atom. The molecule has 4 N–H and O–H groups in total. The van der Waals surface area contributed by atoms with Gasteiger partial charge in [-0.05, 0) is 51.9 Å². The molecule has 0 saturated heterocycles. The Bertz CT molecular complexity index is 634. The number of nitrogens with two attached hydrogens (primary N) is 1. The molecule has 8 nitrogen and oxygen atoms in total. The quantitative estimate of drug-likeness (QED) is 0.637. The van der Waals surface area contributed by atoms with Crippen LogP contribution in [0.4, 0.5) is 11.8 Å². The molecule has 2 aliphatic rings. The molecule has 8 heteroatoms. The van der Waals surface area contributed by atoms with Crippen LogP contribution in [0.15, 0.2) is 6.20 Å². The van der Waals surface area contributed by atoms with E-state index in [0.717, 1.165) is 51.6 Å². The zero-order chi connectivity index (χ0) is 19.2. The van der Waals surface area contributed by atoms with Gasteiger partial charge in [0.2, 0.25) is 5.95 Å². The van der Waals surface area contributed by atoms with Gasteiger partial charge in [0, 0.05) is 26.0 Å². The summed E-state index contributed by atoms with van der Waals surface area (Å²) >= 11 is 0. The molecule has 0 bridgehead atoms. The minimum absolute atomic E-state index is 0.117. The molecule has 3 rings (SSSR count). The first-order valence-corrected chi connectivity index (χ1v) is 9.95. The third kappa shape index (κ3) is 5.07. The Morgan fingerprint density at radius 2 is 2.00 bits per heavy atom. The van der Waals surface area contributed by atoms with Gasteiger partial charge in [0.15, 0.2) is 0 Å². The first-order chi connectivity index (χ1) is 13.1. The SMILES string of the molecule is CCO[C@H]1CC[C@H](Nc2ncc(C(N)=O)c(N[C@H]3CCC[C@@H]3OC)n2)CC1. The topological polar surface area (TPSA) is 111 Å². The fourth-order valence-corrected chi connectivity index (χ4v) is 4.08. The second kappa shape index (κ2) is 9.32. The second-order valence-electron chi connectivity index (χ2n) is 7.35. The lowest BCUT2D eigenvalue weighted by Crippen LogP contribution is -2.32. The highest BCUT2D eigenvalue weighted by molar-refractivity contribution is 5.97. The largest absolute Gasteiger partial charge is 0.379 e. The van der Waals surface area contributed by atoms with E-state index in [0.29, 0.717) is 29.5 Å². The van der Waals surface area contributed by atoms with E-state index in [1.54, 1.807) is 7.11 Å². The van der Waals surface area contributed by atoms with Crippen LogP contribution >= 0.6 is 0 Å². The third-order valence-corrected chi connectivity index (χ3v) is 5.54. The molecule has 2 fully saturated rings. The average molecular weight is 377 g/mol. The van der Waals surface area contributed by atoms with Crippen molar-refractivity contribution in [2.75, 3.05) is 24.4 Å². The standard InChI is InChI=1S/C19H31N5O3/c1-3-27-13-9-7-12(8-10-13)22-19-21-11-14(17(20)25)18(24-19)23-15-5-4-6-16(15)26-2/h11-13,15-16H,3-10H2,1-2H3,(H2,20,25)(H2,21,22,23,24)/t12-,13-,15-,16-/m0/s1. The van der Waals surface area contributed by atoms with Crippen LogP contribution in [0, 0.1) is 0 Å². The molecule has 27 heavy (non-hydrogen) atoms. The predicted octanol–water partition coefficient (Wildman–Crippen LogP) is 2.31. The molecule has 2 aliphatic carbocycles. The number of rotatable bonds is 8. The van der Waals surface area contributed by atoms with Gasteiger partial charge >= 0.3 is 0 Å². The summed E-state index contributed by atoms with van der Waals surface area (Å²) in [6.45, 7) is 2.80. The number of methoxy groups -OCH3 is 1. The van der Waals surface area contributed by atoms with Gasteiger partial charge in [0.05, 0.1) is 23.8 Å². The second-order valence-corrected chi connectivity index (χ2v) is 7.35. The van der Waals surface area contributed by atoms with Crippen molar-refractivity contribution < 1.29 is 14.3 Å². The van der Waals surface area contributed by atoms with Crippen molar-refractivity contribution in [1.29, 1.82) is 0 Å². The number of amides is 1. The molecule has 1 aromatic rings. The molecule has 1 aromatic heterocycles. The molecule has 0 unspecified atom stereocenters. The number of primary amides is 1. The predicted molar refractivity (Wildman–Crippen MR) is 104 cm³/mol. The summed E-state index contributed by atoms with van der Waals surface area (Å²) in [4.78, 5) is 20.6. The number of carbonyl (C=O) groups excluding carboxylic acids is 1. The molecular weight excluding hydrogens is 346 g/mol. The number of nitrogens with zero attached hydrogens (tertiary/aromatic N) is 2. The normalized spacial score (nSPS) is 28.1. The van der Waals surface area contributed by atoms with Gasteiger partial charge in [-0.15, -0.1) is 0 Å². The maximum absolute atomic E-state index is 11.8. The van der Waals surface area contributed by atoms with E-state index < -0.39 is 5.91 Å². The molecule has 0 aliphatic heterocycles. The molecule has 2 atom stereocenters. The minimum Gasteiger partial charge on any atom is -0.379 e. The molecule has 0 radical (unpaired) electrons. The number of hydrogen-bond donors (Lipinski definition) is 3. The number of ether oxygens (including phenoxy) is 2. The summed E-state index contributed by atoms with van der Waals surface area (Å²) in [6, 6.07) is 0.435. The Balaban J connectivity index is 1.67. The maximum Gasteiger partial charge on any atom is 0.254 e. The lowest BCUT2D eigenvalue weighted by atomic mass is 9.93. The summed E-state index contributed by atoms with van der Waals surface area (Å²) in [5.74, 6) is 0.472. The smallest absolute Gasteiger partial charge is 0.254 e. The molecule has 150 valence electrons. The van der Waals surface area contributed by atoms with Gasteiger partial charge in [-0.1, -0.05) is 0 Å². The van der Waals surface area contributed by atoms with E-state index in [2.05, 4.69) is 20.6 Å². The third-order valence-electron chi connectivity index (χ3n) is 5.54. The van der Waals surface area contributed by atoms with Gasteiger partial charge in [-0.2, -0.15) is 4.98 Å². The van der Waals surface area contributed by atoms with Crippen molar-refractivity contribution in [2.24, 2.45) is 5.73 Å². The number of carbonyl (C=O) groups is 1. The number of nitrogens with one attached hydrogen (secondary N) is 2. The van der Waals surface area contributed by atoms with Crippen LogP contribution in [0.1, 0.15) is 62.2 Å². The van der Waals surface area contributed by atoms with E-state index >= 15 is 0 Å². The van der Waals surface area contributed by atoms with E-state index in [1.165, 1.54) is 6.20 Å². The Labute approximate surface area is 160 Å². The molecule has 0 aromatic carbocycles. The monoisotopic (exact) mass is 377 g/mol. The number of aromatic nitrogens is 2. The van der Waals surface area contributed by atoms with Crippen molar-refractivity contribution in [3.8, 4) is 0 Å². The highest BCUT2D eigenvalue weighted by Gasteiger charge is 2.29. The molecule has 2 saturated carbocycles. The molecule has 1 heterocycles. The Hall–Kier alpha value is -1.93. The number of anilines is 2. The zero-order valence-corrected chi connectivity index (χ0v) is 16.2. The summed E-state index contributed by atoms with van der Waals surface area (Å²) in [6.07, 6.45) is 9.14. The lowest BCUT2D eigenvalue weighted by Gasteiger charge is -2.29. The first-order valence-electron chi connectivity index (χ1n) is 9.95. The van der Waals surface area contributed by atoms with Crippen molar-refractivity contribution in [3.63, 3.8) is 0 Å². The van der Waals surface area contributed by atoms with Crippen LogP contribution in [0.2, 0.25) is 0 Å². The Kier molecular flexibility index (Phi) is 6.84. The van der Waals surface area contributed by atoms with Crippen LogP contribution in [0.25, 0.3) is 0 Å². The van der Waals surface area contributed by atoms with Gasteiger partial charge in [0.1, 0.15) is 5.82 Å². The highest BCUT2D eigenvalue weighted by Crippen LogP contribution is 2.27. The van der Waals surface area contributed by atoms with Gasteiger partial charge in [0.25, 0.3) is 5.91 Å². The number of hydrogen-bond acceptors (Lipinski definition) is 7. The summed E-state index contributed by atoms with van der Waals surface area (Å²) in [5, 5.41) is 6.76. The van der Waals surface area contributed by atoms with Gasteiger partial charge in [-0.25, -0.2) is 4.98 Å². The molecule has 1 amide bonds. The van der Waals surface area contributed by atoms with E-state index in [-0.39, 0.29) is 12.1 Å². The molecule has 0 spiro atoms.